The van der Waals surface area contributed by atoms with E-state index in [4.69, 9.17) is 32.9 Å². The average molecular weight is 378 g/mol. The number of aromatic nitrogens is 1. The molecule has 0 aliphatic heterocycles. The van der Waals surface area contributed by atoms with Gasteiger partial charge in [-0.2, -0.15) is 5.26 Å². The summed E-state index contributed by atoms with van der Waals surface area (Å²) >= 11 is 12.8. The van der Waals surface area contributed by atoms with Gasteiger partial charge in [-0.25, -0.2) is 4.98 Å². The van der Waals surface area contributed by atoms with Crippen LogP contribution >= 0.6 is 35.0 Å². The van der Waals surface area contributed by atoms with Crippen LogP contribution in [0.4, 0.5) is 5.69 Å². The summed E-state index contributed by atoms with van der Waals surface area (Å²) in [7, 11) is 0. The van der Waals surface area contributed by atoms with Crippen LogP contribution in [0.3, 0.4) is 0 Å². The minimum absolute atomic E-state index is 0.0713. The van der Waals surface area contributed by atoms with Crippen LogP contribution in [0, 0.1) is 10.7 Å². The molecule has 1 heterocycles. The highest BCUT2D eigenvalue weighted by molar-refractivity contribution is 8.04. The molecule has 0 saturated carbocycles. The molecule has 0 atom stereocenters. The monoisotopic (exact) mass is 377 g/mol. The SMILES string of the molecule is N#CSCC(=O)Nc1ccc2oc(-c3ccc(Cl)c(Cl)c3)nc2c1. The Hall–Kier alpha value is -2.20. The molecule has 0 saturated heterocycles. The van der Waals surface area contributed by atoms with Gasteiger partial charge < -0.3 is 9.73 Å². The van der Waals surface area contributed by atoms with Gasteiger partial charge in [0.1, 0.15) is 10.9 Å². The lowest BCUT2D eigenvalue weighted by atomic mass is 10.2. The molecule has 0 fully saturated rings. The Morgan fingerprint density at radius 2 is 2.08 bits per heavy atom. The maximum Gasteiger partial charge on any atom is 0.235 e. The van der Waals surface area contributed by atoms with Gasteiger partial charge in [0.2, 0.25) is 11.8 Å². The first-order valence-corrected chi connectivity index (χ1v) is 8.48. The van der Waals surface area contributed by atoms with Gasteiger partial charge in [0.25, 0.3) is 0 Å². The summed E-state index contributed by atoms with van der Waals surface area (Å²) in [5.74, 6) is 0.225. The van der Waals surface area contributed by atoms with E-state index in [0.717, 1.165) is 11.8 Å². The van der Waals surface area contributed by atoms with Gasteiger partial charge in [0.05, 0.1) is 15.8 Å². The fourth-order valence-corrected chi connectivity index (χ4v) is 2.62. The maximum absolute atomic E-state index is 11.6. The van der Waals surface area contributed by atoms with Gasteiger partial charge in [-0.15, -0.1) is 0 Å². The molecule has 0 unspecified atom stereocenters. The second-order valence-corrected chi connectivity index (χ2v) is 6.33. The van der Waals surface area contributed by atoms with Crippen molar-refractivity contribution in [2.75, 3.05) is 11.1 Å². The highest BCUT2D eigenvalue weighted by atomic mass is 35.5. The Kier molecular flexibility index (Phi) is 4.95. The highest BCUT2D eigenvalue weighted by Crippen LogP contribution is 2.30. The standard InChI is InChI=1S/C16H9Cl2N3O2S/c17-11-3-1-9(5-12(11)18)16-21-13-6-10(2-4-14(13)23-16)20-15(22)7-24-8-19/h1-6H,7H2,(H,20,22). The van der Waals surface area contributed by atoms with Crippen molar-refractivity contribution in [2.45, 2.75) is 0 Å². The number of fused-ring (bicyclic) bond motifs is 1. The van der Waals surface area contributed by atoms with Crippen LogP contribution in [-0.4, -0.2) is 16.6 Å². The Morgan fingerprint density at radius 1 is 1.25 bits per heavy atom. The van der Waals surface area contributed by atoms with E-state index in [0.29, 0.717) is 38.3 Å². The molecule has 1 aromatic heterocycles. The zero-order valence-corrected chi connectivity index (χ0v) is 14.4. The average Bonchev–Trinajstić information content (AvgIpc) is 2.98. The first kappa shape index (κ1) is 16.7. The Balaban J connectivity index is 1.87. The first-order valence-electron chi connectivity index (χ1n) is 6.73. The number of nitrogens with one attached hydrogen (secondary N) is 1. The van der Waals surface area contributed by atoms with Crippen molar-refractivity contribution in [3.8, 4) is 16.9 Å². The van der Waals surface area contributed by atoms with E-state index in [1.165, 1.54) is 0 Å². The molecule has 0 radical (unpaired) electrons. The van der Waals surface area contributed by atoms with Gasteiger partial charge >= 0.3 is 0 Å². The second-order valence-electron chi connectivity index (χ2n) is 4.76. The van der Waals surface area contributed by atoms with Crippen LogP contribution in [0.2, 0.25) is 10.0 Å². The number of oxazole rings is 1. The molecule has 0 aliphatic carbocycles. The zero-order valence-electron chi connectivity index (χ0n) is 12.0. The van der Waals surface area contributed by atoms with Crippen molar-refractivity contribution < 1.29 is 9.21 Å². The minimum Gasteiger partial charge on any atom is -0.436 e. The Morgan fingerprint density at radius 3 is 2.83 bits per heavy atom. The maximum atomic E-state index is 11.6. The second kappa shape index (κ2) is 7.14. The summed E-state index contributed by atoms with van der Waals surface area (Å²) in [5, 5.41) is 13.9. The van der Waals surface area contributed by atoms with Crippen LogP contribution in [0.5, 0.6) is 0 Å². The van der Waals surface area contributed by atoms with E-state index < -0.39 is 0 Å². The number of nitriles is 1. The number of anilines is 1. The van der Waals surface area contributed by atoms with Gasteiger partial charge in [-0.3, -0.25) is 4.79 Å². The topological polar surface area (TPSA) is 78.9 Å². The fraction of sp³-hybridized carbons (Fsp3) is 0.0625. The Labute approximate surface area is 151 Å². The van der Waals surface area contributed by atoms with Crippen LogP contribution in [0.1, 0.15) is 0 Å². The molecule has 0 spiro atoms. The third-order valence-electron chi connectivity index (χ3n) is 3.11. The number of thiocyanates is 1. The van der Waals surface area contributed by atoms with Crippen molar-refractivity contribution in [3.05, 3.63) is 46.4 Å². The Bertz CT molecular complexity index is 966. The van der Waals surface area contributed by atoms with E-state index in [1.807, 2.05) is 5.40 Å². The summed E-state index contributed by atoms with van der Waals surface area (Å²) in [5.41, 5.74) is 2.47. The summed E-state index contributed by atoms with van der Waals surface area (Å²) < 4.78 is 5.70. The van der Waals surface area contributed by atoms with Gasteiger partial charge in [0, 0.05) is 11.3 Å². The summed E-state index contributed by atoms with van der Waals surface area (Å²) in [6.45, 7) is 0. The molecular formula is C16H9Cl2N3O2S. The minimum atomic E-state index is -0.255. The van der Waals surface area contributed by atoms with Crippen molar-refractivity contribution in [1.82, 2.24) is 4.98 Å². The van der Waals surface area contributed by atoms with E-state index >= 15 is 0 Å². The number of hydrogen-bond donors (Lipinski definition) is 1. The van der Waals surface area contributed by atoms with E-state index in [2.05, 4.69) is 10.3 Å². The number of benzene rings is 2. The molecule has 0 bridgehead atoms. The van der Waals surface area contributed by atoms with Crippen LogP contribution in [0.25, 0.3) is 22.6 Å². The lowest BCUT2D eigenvalue weighted by molar-refractivity contribution is -0.113. The van der Waals surface area contributed by atoms with Crippen molar-refractivity contribution >= 4 is 57.7 Å². The predicted octanol–water partition coefficient (Wildman–Crippen LogP) is 4.95. The van der Waals surface area contributed by atoms with Crippen molar-refractivity contribution in [1.29, 1.82) is 5.26 Å². The van der Waals surface area contributed by atoms with E-state index in [9.17, 15) is 4.79 Å². The van der Waals surface area contributed by atoms with Gasteiger partial charge in [-0.1, -0.05) is 23.2 Å². The number of rotatable bonds is 4. The summed E-state index contributed by atoms with van der Waals surface area (Å²) in [6.07, 6.45) is 0. The molecule has 0 aliphatic rings. The van der Waals surface area contributed by atoms with E-state index in [-0.39, 0.29) is 11.7 Å². The third-order valence-corrected chi connectivity index (χ3v) is 4.38. The number of hydrogen-bond acceptors (Lipinski definition) is 5. The molecule has 3 aromatic rings. The number of amides is 1. The smallest absolute Gasteiger partial charge is 0.235 e. The highest BCUT2D eigenvalue weighted by Gasteiger charge is 2.11. The number of thioether (sulfide) groups is 1. The van der Waals surface area contributed by atoms with Crippen LogP contribution in [-0.2, 0) is 4.79 Å². The predicted molar refractivity (Wildman–Crippen MR) is 96.2 cm³/mol. The third kappa shape index (κ3) is 3.65. The summed E-state index contributed by atoms with van der Waals surface area (Å²) in [6, 6.07) is 10.2. The molecule has 8 heteroatoms. The van der Waals surface area contributed by atoms with Crippen molar-refractivity contribution in [2.24, 2.45) is 0 Å². The molecule has 1 amide bonds. The molecule has 1 N–H and O–H groups in total. The molecule has 120 valence electrons. The zero-order chi connectivity index (χ0) is 17.1. The lowest BCUT2D eigenvalue weighted by Crippen LogP contribution is -2.13. The molecule has 2 aromatic carbocycles. The molecule has 24 heavy (non-hydrogen) atoms. The van der Waals surface area contributed by atoms with Gasteiger partial charge in [0.15, 0.2) is 5.58 Å². The molecule has 3 rings (SSSR count). The molecular weight excluding hydrogens is 369 g/mol. The number of carbonyl (C=O) groups is 1. The van der Waals surface area contributed by atoms with Gasteiger partial charge in [-0.05, 0) is 48.2 Å². The quantitative estimate of drug-likeness (QED) is 0.650. The number of carbonyl (C=O) groups excluding carboxylic acids is 1. The summed E-state index contributed by atoms with van der Waals surface area (Å²) in [4.78, 5) is 16.1. The lowest BCUT2D eigenvalue weighted by Gasteiger charge is -2.02. The first-order chi connectivity index (χ1) is 11.6. The number of halogens is 2. The van der Waals surface area contributed by atoms with Crippen molar-refractivity contribution in [3.63, 3.8) is 0 Å². The van der Waals surface area contributed by atoms with Crippen LogP contribution < -0.4 is 5.32 Å². The van der Waals surface area contributed by atoms with E-state index in [1.54, 1.807) is 36.4 Å². The van der Waals surface area contributed by atoms with Crippen LogP contribution in [0.15, 0.2) is 40.8 Å². The number of nitrogens with zero attached hydrogens (tertiary/aromatic N) is 2. The fourth-order valence-electron chi connectivity index (χ4n) is 2.05. The molecule has 5 nitrogen and oxygen atoms in total. The largest absolute Gasteiger partial charge is 0.436 e. The normalized spacial score (nSPS) is 10.5.